The summed E-state index contributed by atoms with van der Waals surface area (Å²) in [5.74, 6) is 0.0575. The van der Waals surface area contributed by atoms with Crippen molar-refractivity contribution in [3.63, 3.8) is 0 Å². The number of benzene rings is 2. The Bertz CT molecular complexity index is 1100. The summed E-state index contributed by atoms with van der Waals surface area (Å²) in [6.45, 7) is 2.51. The summed E-state index contributed by atoms with van der Waals surface area (Å²) in [5.41, 5.74) is 8.90. The van der Waals surface area contributed by atoms with Crippen molar-refractivity contribution < 1.29 is 8.42 Å². The molecule has 0 radical (unpaired) electrons. The Morgan fingerprint density at radius 1 is 1.26 bits per heavy atom. The highest BCUT2D eigenvalue weighted by atomic mass is 32.2. The van der Waals surface area contributed by atoms with Crippen molar-refractivity contribution in [3.05, 3.63) is 71.3 Å². The molecule has 4 N–H and O–H groups in total. The minimum Gasteiger partial charge on any atom is -0.384 e. The number of hydrogen-bond acceptors (Lipinski definition) is 5. The van der Waals surface area contributed by atoms with Gasteiger partial charge in [-0.15, -0.1) is 0 Å². The highest BCUT2D eigenvalue weighted by Crippen LogP contribution is 2.29. The first kappa shape index (κ1) is 22.4. The normalized spacial score (nSPS) is 17.0. The van der Waals surface area contributed by atoms with Gasteiger partial charge in [0.25, 0.3) is 0 Å². The standard InChI is InChI=1S/C21H27N7O2S/c1-4-27(3)31(29,30)26-21(24-2)28-14-18(15-8-6-5-7-9-15)19(25-28)16-10-12-17(13-11-16)20(22)23/h5-13,18H,4,14H2,1-3H3,(H3,22,23)(H,24,26). The van der Waals surface area contributed by atoms with Crippen LogP contribution in [0, 0.1) is 5.41 Å². The molecule has 0 aromatic heterocycles. The van der Waals surface area contributed by atoms with E-state index in [1.54, 1.807) is 24.1 Å². The number of guanidine groups is 1. The number of amidine groups is 1. The molecule has 9 nitrogen and oxygen atoms in total. The molecule has 10 heteroatoms. The zero-order valence-corrected chi connectivity index (χ0v) is 18.6. The molecule has 0 saturated heterocycles. The minimum absolute atomic E-state index is 0.00370. The SMILES string of the molecule is CCN(C)S(=O)(=O)NC(=NC)N1CC(c2ccccc2)C(c2ccc(C(=N)N)cc2)=N1. The largest absolute Gasteiger partial charge is 0.384 e. The van der Waals surface area contributed by atoms with Crippen molar-refractivity contribution in [1.82, 2.24) is 14.0 Å². The first-order valence-electron chi connectivity index (χ1n) is 9.83. The summed E-state index contributed by atoms with van der Waals surface area (Å²) < 4.78 is 28.8. The van der Waals surface area contributed by atoms with Crippen LogP contribution < -0.4 is 10.5 Å². The summed E-state index contributed by atoms with van der Waals surface area (Å²) in [5, 5.41) is 13.9. The number of aliphatic imine (C=N–C) groups is 1. The van der Waals surface area contributed by atoms with Crippen molar-refractivity contribution >= 4 is 27.7 Å². The van der Waals surface area contributed by atoms with Gasteiger partial charge in [-0.1, -0.05) is 61.5 Å². The Labute approximate surface area is 183 Å². The quantitative estimate of drug-likeness (QED) is 0.464. The van der Waals surface area contributed by atoms with Crippen molar-refractivity contribution in [1.29, 1.82) is 5.41 Å². The van der Waals surface area contributed by atoms with Crippen molar-refractivity contribution in [2.75, 3.05) is 27.2 Å². The Hall–Kier alpha value is -3.24. The lowest BCUT2D eigenvalue weighted by atomic mass is 9.90. The van der Waals surface area contributed by atoms with Crippen molar-refractivity contribution in [2.24, 2.45) is 15.8 Å². The maximum Gasteiger partial charge on any atom is 0.303 e. The molecule has 164 valence electrons. The average molecular weight is 442 g/mol. The molecule has 0 amide bonds. The van der Waals surface area contributed by atoms with Crippen LogP contribution in [0.3, 0.4) is 0 Å². The number of rotatable bonds is 6. The van der Waals surface area contributed by atoms with Crippen LogP contribution >= 0.6 is 0 Å². The van der Waals surface area contributed by atoms with E-state index < -0.39 is 10.2 Å². The molecule has 0 bridgehead atoms. The molecule has 1 atom stereocenters. The molecule has 1 aliphatic rings. The molecule has 0 fully saturated rings. The van der Waals surface area contributed by atoms with Crippen LogP contribution in [0.5, 0.6) is 0 Å². The fraction of sp³-hybridized carbons (Fsp3) is 0.286. The monoisotopic (exact) mass is 441 g/mol. The number of hydrogen-bond donors (Lipinski definition) is 3. The Balaban J connectivity index is 1.98. The summed E-state index contributed by atoms with van der Waals surface area (Å²) in [6.07, 6.45) is 0. The number of nitrogens with one attached hydrogen (secondary N) is 2. The highest BCUT2D eigenvalue weighted by molar-refractivity contribution is 7.87. The summed E-state index contributed by atoms with van der Waals surface area (Å²) in [4.78, 5) is 4.14. The predicted octanol–water partition coefficient (Wildman–Crippen LogP) is 1.55. The maximum absolute atomic E-state index is 12.5. The summed E-state index contributed by atoms with van der Waals surface area (Å²) in [6, 6.07) is 17.2. The molecule has 31 heavy (non-hydrogen) atoms. The predicted molar refractivity (Wildman–Crippen MR) is 124 cm³/mol. The topological polar surface area (TPSA) is 127 Å². The molecule has 1 unspecified atom stereocenters. The third-order valence-electron chi connectivity index (χ3n) is 5.14. The lowest BCUT2D eigenvalue weighted by Gasteiger charge is -2.22. The van der Waals surface area contributed by atoms with E-state index in [1.807, 2.05) is 42.5 Å². The van der Waals surface area contributed by atoms with Gasteiger partial charge in [-0.3, -0.25) is 10.4 Å². The fourth-order valence-corrected chi connectivity index (χ4v) is 4.16. The van der Waals surface area contributed by atoms with E-state index in [0.29, 0.717) is 18.7 Å². The van der Waals surface area contributed by atoms with Gasteiger partial charge in [0, 0.05) is 32.1 Å². The third-order valence-corrected chi connectivity index (χ3v) is 6.66. The second-order valence-corrected chi connectivity index (χ2v) is 8.87. The van der Waals surface area contributed by atoms with Gasteiger partial charge in [0.2, 0.25) is 5.96 Å². The molecule has 1 aliphatic heterocycles. The summed E-state index contributed by atoms with van der Waals surface area (Å²) in [7, 11) is -0.712. The van der Waals surface area contributed by atoms with E-state index >= 15 is 0 Å². The van der Waals surface area contributed by atoms with E-state index in [0.717, 1.165) is 16.8 Å². The molecular formula is C21H27N7O2S. The second-order valence-electron chi connectivity index (χ2n) is 7.09. The molecule has 0 saturated carbocycles. The van der Waals surface area contributed by atoms with Crippen LogP contribution in [0.2, 0.25) is 0 Å². The Morgan fingerprint density at radius 2 is 1.90 bits per heavy atom. The van der Waals surface area contributed by atoms with Crippen LogP contribution in [0.15, 0.2) is 64.7 Å². The van der Waals surface area contributed by atoms with Crippen molar-refractivity contribution in [3.8, 4) is 0 Å². The molecule has 2 aromatic rings. The lowest BCUT2D eigenvalue weighted by molar-refractivity contribution is 0.450. The smallest absolute Gasteiger partial charge is 0.303 e. The lowest BCUT2D eigenvalue weighted by Crippen LogP contribution is -2.46. The fourth-order valence-electron chi connectivity index (χ4n) is 3.24. The zero-order valence-electron chi connectivity index (χ0n) is 17.8. The molecule has 1 heterocycles. The van der Waals surface area contributed by atoms with Crippen LogP contribution in [-0.2, 0) is 10.2 Å². The van der Waals surface area contributed by atoms with Gasteiger partial charge >= 0.3 is 10.2 Å². The van der Waals surface area contributed by atoms with Crippen molar-refractivity contribution in [2.45, 2.75) is 12.8 Å². The molecule has 2 aromatic carbocycles. The van der Waals surface area contributed by atoms with Crippen LogP contribution in [-0.4, -0.2) is 62.4 Å². The van der Waals surface area contributed by atoms with Gasteiger partial charge in [0.05, 0.1) is 12.3 Å². The zero-order chi connectivity index (χ0) is 22.6. The maximum atomic E-state index is 12.5. The Morgan fingerprint density at radius 3 is 2.45 bits per heavy atom. The number of hydrazone groups is 1. The first-order chi connectivity index (χ1) is 14.8. The van der Waals surface area contributed by atoms with E-state index in [4.69, 9.17) is 16.2 Å². The highest BCUT2D eigenvalue weighted by Gasteiger charge is 2.33. The van der Waals surface area contributed by atoms with E-state index in [9.17, 15) is 8.42 Å². The molecular weight excluding hydrogens is 414 g/mol. The molecule has 3 rings (SSSR count). The Kier molecular flexibility index (Phi) is 6.71. The van der Waals surface area contributed by atoms with E-state index in [2.05, 4.69) is 9.71 Å². The number of nitrogen functional groups attached to an aromatic ring is 1. The minimum atomic E-state index is -3.73. The first-order valence-corrected chi connectivity index (χ1v) is 11.3. The van der Waals surface area contributed by atoms with Crippen LogP contribution in [0.4, 0.5) is 0 Å². The van der Waals surface area contributed by atoms with Gasteiger partial charge in [0.15, 0.2) is 0 Å². The van der Waals surface area contributed by atoms with Gasteiger partial charge in [-0.05, 0) is 11.1 Å². The van der Waals surface area contributed by atoms with Gasteiger partial charge in [-0.25, -0.2) is 9.73 Å². The average Bonchev–Trinajstić information content (AvgIpc) is 3.22. The van der Waals surface area contributed by atoms with E-state index in [-0.39, 0.29) is 17.7 Å². The van der Waals surface area contributed by atoms with Gasteiger partial charge in [0.1, 0.15) is 5.84 Å². The van der Waals surface area contributed by atoms with Crippen LogP contribution in [0.1, 0.15) is 29.5 Å². The number of nitrogens with zero attached hydrogens (tertiary/aromatic N) is 4. The third kappa shape index (κ3) is 4.92. The molecule has 0 aliphatic carbocycles. The van der Waals surface area contributed by atoms with Crippen LogP contribution in [0.25, 0.3) is 0 Å². The number of nitrogens with two attached hydrogens (primary N) is 1. The second kappa shape index (κ2) is 9.27. The van der Waals surface area contributed by atoms with Gasteiger partial charge < -0.3 is 5.73 Å². The van der Waals surface area contributed by atoms with E-state index in [1.165, 1.54) is 18.4 Å². The molecule has 0 spiro atoms. The van der Waals surface area contributed by atoms with Gasteiger partial charge in [-0.2, -0.15) is 17.8 Å². The summed E-state index contributed by atoms with van der Waals surface area (Å²) >= 11 is 0.